The number of carbonyl (C=O) groups is 1. The number of halogens is 1. The van der Waals surface area contributed by atoms with Gasteiger partial charge in [0.2, 0.25) is 0 Å². The Bertz CT molecular complexity index is 1210. The zero-order chi connectivity index (χ0) is 19.0. The lowest BCUT2D eigenvalue weighted by Gasteiger charge is -2.05. The first-order valence-corrected chi connectivity index (χ1v) is 8.36. The lowest BCUT2D eigenvalue weighted by molar-refractivity contribution is 0.102. The summed E-state index contributed by atoms with van der Waals surface area (Å²) in [5.74, 6) is 0.0467. The first kappa shape index (κ1) is 17.0. The van der Waals surface area contributed by atoms with E-state index < -0.39 is 11.5 Å². The van der Waals surface area contributed by atoms with Gasteiger partial charge < -0.3 is 18.0 Å². The fourth-order valence-electron chi connectivity index (χ4n) is 2.40. The molecule has 9 nitrogen and oxygen atoms in total. The van der Waals surface area contributed by atoms with Crippen molar-refractivity contribution in [3.8, 4) is 17.4 Å². The van der Waals surface area contributed by atoms with Crippen LogP contribution in [0.25, 0.3) is 22.6 Å². The molecule has 10 heteroatoms. The molecule has 0 saturated carbocycles. The van der Waals surface area contributed by atoms with Gasteiger partial charge in [0.25, 0.3) is 11.8 Å². The SMILES string of the molecule is COc1cccc2cc(C(=O)Nc3nnc(-c4ccc(Br)o4)o3)c(=O)oc12. The highest BCUT2D eigenvalue weighted by Gasteiger charge is 2.19. The van der Waals surface area contributed by atoms with E-state index in [0.717, 1.165) is 0 Å². The van der Waals surface area contributed by atoms with Crippen LogP contribution in [-0.4, -0.2) is 23.2 Å². The highest BCUT2D eigenvalue weighted by molar-refractivity contribution is 9.10. The predicted molar refractivity (Wildman–Crippen MR) is 96.7 cm³/mol. The number of hydrogen-bond donors (Lipinski definition) is 1. The minimum absolute atomic E-state index is 0.0753. The Hall–Kier alpha value is -3.40. The van der Waals surface area contributed by atoms with E-state index in [9.17, 15) is 9.59 Å². The molecule has 1 N–H and O–H groups in total. The Kier molecular flexibility index (Phi) is 4.24. The number of nitrogens with zero attached hydrogens (tertiary/aromatic N) is 2. The number of furan rings is 1. The molecule has 3 aromatic heterocycles. The van der Waals surface area contributed by atoms with Gasteiger partial charge in [0.15, 0.2) is 21.8 Å². The summed E-state index contributed by atoms with van der Waals surface area (Å²) < 4.78 is 21.5. The molecule has 0 bridgehead atoms. The van der Waals surface area contributed by atoms with E-state index in [4.69, 9.17) is 18.0 Å². The summed E-state index contributed by atoms with van der Waals surface area (Å²) in [6, 6.07) is 9.55. The first-order chi connectivity index (χ1) is 13.0. The second kappa shape index (κ2) is 6.72. The molecule has 1 aromatic carbocycles. The van der Waals surface area contributed by atoms with Crippen LogP contribution >= 0.6 is 15.9 Å². The normalized spacial score (nSPS) is 10.9. The zero-order valence-corrected chi connectivity index (χ0v) is 15.3. The third-order valence-electron chi connectivity index (χ3n) is 3.62. The molecule has 0 atom stereocenters. The number of rotatable bonds is 4. The maximum absolute atomic E-state index is 12.4. The molecule has 0 aliphatic rings. The summed E-state index contributed by atoms with van der Waals surface area (Å²) in [6.07, 6.45) is 0. The summed E-state index contributed by atoms with van der Waals surface area (Å²) in [5, 5.41) is 10.4. The Morgan fingerprint density at radius 3 is 2.74 bits per heavy atom. The van der Waals surface area contributed by atoms with Gasteiger partial charge in [0.1, 0.15) is 5.56 Å². The number of benzene rings is 1. The largest absolute Gasteiger partial charge is 0.493 e. The molecule has 4 rings (SSSR count). The van der Waals surface area contributed by atoms with Crippen LogP contribution in [0.4, 0.5) is 6.01 Å². The summed E-state index contributed by atoms with van der Waals surface area (Å²) in [6.45, 7) is 0. The van der Waals surface area contributed by atoms with Crippen LogP contribution in [0, 0.1) is 0 Å². The van der Waals surface area contributed by atoms with Gasteiger partial charge in [-0.15, -0.1) is 5.10 Å². The molecule has 4 aromatic rings. The van der Waals surface area contributed by atoms with Crippen molar-refractivity contribution < 1.29 is 22.8 Å². The number of aromatic nitrogens is 2. The van der Waals surface area contributed by atoms with Crippen molar-refractivity contribution in [2.75, 3.05) is 12.4 Å². The van der Waals surface area contributed by atoms with E-state index in [2.05, 4.69) is 31.4 Å². The molecule has 136 valence electrons. The van der Waals surface area contributed by atoms with Crippen LogP contribution in [0.2, 0.25) is 0 Å². The maximum Gasteiger partial charge on any atom is 0.349 e. The molecule has 27 heavy (non-hydrogen) atoms. The van der Waals surface area contributed by atoms with Crippen LogP contribution < -0.4 is 15.7 Å². The molecule has 0 aliphatic heterocycles. The molecule has 0 unspecified atom stereocenters. The van der Waals surface area contributed by atoms with Crippen LogP contribution in [0.5, 0.6) is 5.75 Å². The van der Waals surface area contributed by atoms with Gasteiger partial charge in [0.05, 0.1) is 7.11 Å². The van der Waals surface area contributed by atoms with Crippen molar-refractivity contribution >= 4 is 38.8 Å². The topological polar surface area (TPSA) is 121 Å². The van der Waals surface area contributed by atoms with Crippen molar-refractivity contribution in [1.82, 2.24) is 10.2 Å². The molecule has 0 saturated heterocycles. The number of fused-ring (bicyclic) bond motifs is 1. The average molecular weight is 432 g/mol. The van der Waals surface area contributed by atoms with Crippen molar-refractivity contribution in [2.45, 2.75) is 0 Å². The monoisotopic (exact) mass is 431 g/mol. The maximum atomic E-state index is 12.4. The second-order valence-corrected chi connectivity index (χ2v) is 6.08. The van der Waals surface area contributed by atoms with Gasteiger partial charge in [0, 0.05) is 5.39 Å². The number of ether oxygens (including phenoxy) is 1. The van der Waals surface area contributed by atoms with Crippen molar-refractivity contribution in [3.05, 3.63) is 57.1 Å². The van der Waals surface area contributed by atoms with Crippen molar-refractivity contribution in [1.29, 1.82) is 0 Å². The fourth-order valence-corrected chi connectivity index (χ4v) is 2.71. The molecule has 0 aliphatic carbocycles. The minimum atomic E-state index is -0.820. The van der Waals surface area contributed by atoms with E-state index in [0.29, 0.717) is 21.6 Å². The fraction of sp³-hybridized carbons (Fsp3) is 0.0588. The van der Waals surface area contributed by atoms with E-state index in [1.54, 1.807) is 30.3 Å². The average Bonchev–Trinajstić information content (AvgIpc) is 3.29. The van der Waals surface area contributed by atoms with Crippen LogP contribution in [0.1, 0.15) is 10.4 Å². The molecule has 1 amide bonds. The number of amides is 1. The number of carbonyl (C=O) groups excluding carboxylic acids is 1. The van der Waals surface area contributed by atoms with Gasteiger partial charge >= 0.3 is 11.6 Å². The van der Waals surface area contributed by atoms with Gasteiger partial charge in [-0.25, -0.2) is 4.79 Å². The minimum Gasteiger partial charge on any atom is -0.493 e. The Morgan fingerprint density at radius 2 is 2.00 bits per heavy atom. The van der Waals surface area contributed by atoms with Gasteiger partial charge in [-0.2, -0.15) is 0 Å². The first-order valence-electron chi connectivity index (χ1n) is 7.56. The lowest BCUT2D eigenvalue weighted by atomic mass is 10.1. The third kappa shape index (κ3) is 3.22. The van der Waals surface area contributed by atoms with Crippen LogP contribution in [-0.2, 0) is 0 Å². The Morgan fingerprint density at radius 1 is 1.15 bits per heavy atom. The number of nitrogens with one attached hydrogen (secondary N) is 1. The highest BCUT2D eigenvalue weighted by atomic mass is 79.9. The smallest absolute Gasteiger partial charge is 0.349 e. The summed E-state index contributed by atoms with van der Waals surface area (Å²) in [7, 11) is 1.46. The molecular weight excluding hydrogens is 422 g/mol. The summed E-state index contributed by atoms with van der Waals surface area (Å²) >= 11 is 3.16. The number of hydrogen-bond acceptors (Lipinski definition) is 8. The van der Waals surface area contributed by atoms with E-state index in [1.165, 1.54) is 13.2 Å². The van der Waals surface area contributed by atoms with Crippen molar-refractivity contribution in [2.24, 2.45) is 0 Å². The van der Waals surface area contributed by atoms with Gasteiger partial charge in [-0.1, -0.05) is 17.2 Å². The van der Waals surface area contributed by atoms with Crippen LogP contribution in [0.15, 0.2) is 59.1 Å². The molecule has 0 fully saturated rings. The van der Waals surface area contributed by atoms with Gasteiger partial charge in [-0.3, -0.25) is 10.1 Å². The molecule has 0 radical (unpaired) electrons. The van der Waals surface area contributed by atoms with Crippen LogP contribution in [0.3, 0.4) is 0 Å². The Labute approximate surface area is 159 Å². The van der Waals surface area contributed by atoms with E-state index in [1.807, 2.05) is 0 Å². The predicted octanol–water partition coefficient (Wildman–Crippen LogP) is 3.46. The van der Waals surface area contributed by atoms with Gasteiger partial charge in [-0.05, 0) is 40.2 Å². The number of para-hydroxylation sites is 1. The Balaban J connectivity index is 1.63. The molecule has 0 spiro atoms. The number of methoxy groups -OCH3 is 1. The zero-order valence-electron chi connectivity index (χ0n) is 13.7. The summed E-state index contributed by atoms with van der Waals surface area (Å²) in [5.41, 5.74) is -0.777. The highest BCUT2D eigenvalue weighted by Crippen LogP contribution is 2.26. The quantitative estimate of drug-likeness (QED) is 0.487. The van der Waals surface area contributed by atoms with E-state index >= 15 is 0 Å². The van der Waals surface area contributed by atoms with E-state index in [-0.39, 0.29) is 23.1 Å². The third-order valence-corrected chi connectivity index (χ3v) is 4.04. The standard InChI is InChI=1S/C17H10BrN3O6/c1-24-10-4-2-3-8-7-9(16(23)26-13(8)10)14(22)19-17-21-20-15(27-17)11-5-6-12(18)25-11/h2-7H,1H3,(H,19,21,22). The summed E-state index contributed by atoms with van der Waals surface area (Å²) in [4.78, 5) is 24.6. The lowest BCUT2D eigenvalue weighted by Crippen LogP contribution is -2.20. The molecule has 3 heterocycles. The second-order valence-electron chi connectivity index (χ2n) is 5.30. The van der Waals surface area contributed by atoms with Crippen molar-refractivity contribution in [3.63, 3.8) is 0 Å². The molecular formula is C17H10BrN3O6. The number of anilines is 1.